The number of Topliss-reactive ketones (excluding diaryl/α,β-unsaturated/α-hetero) is 1. The topological polar surface area (TPSA) is 38.1 Å². The van der Waals surface area contributed by atoms with Gasteiger partial charge in [0, 0.05) is 0 Å². The minimum atomic E-state index is 0.133. The number of carbonyl (C=O) groups excluding carboxylic acids is 1. The molecule has 0 amide bonds. The third kappa shape index (κ3) is 2.89. The molecule has 0 aliphatic rings. The Balaban J connectivity index is 2.00. The van der Waals surface area contributed by atoms with Gasteiger partial charge in [0.2, 0.25) is 0 Å². The zero-order valence-corrected chi connectivity index (χ0v) is 12.9. The van der Waals surface area contributed by atoms with E-state index in [0.717, 1.165) is 21.7 Å². The molecule has 3 aromatic rings. The van der Waals surface area contributed by atoms with E-state index in [2.05, 4.69) is 9.88 Å². The average Bonchev–Trinajstić information content (AvgIpc) is 3.07. The normalized spacial score (nSPS) is 11.4. The molecule has 2 heterocycles. The van der Waals surface area contributed by atoms with Gasteiger partial charge in [0.05, 0.1) is 29.0 Å². The highest BCUT2D eigenvalue weighted by Crippen LogP contribution is 2.19. The Morgan fingerprint density at radius 3 is 2.76 bits per heavy atom. The Bertz CT molecular complexity index is 759. The molecule has 0 spiro atoms. The van der Waals surface area contributed by atoms with E-state index in [4.69, 9.17) is 0 Å². The first kappa shape index (κ1) is 14.0. The van der Waals surface area contributed by atoms with Crippen LogP contribution in [0.4, 0.5) is 0 Å². The molecule has 0 saturated carbocycles. The first-order valence-corrected chi connectivity index (χ1v) is 7.68. The molecule has 1 aromatic carbocycles. The van der Waals surface area contributed by atoms with Gasteiger partial charge in [-0.25, -0.2) is 4.98 Å². The van der Waals surface area contributed by atoms with E-state index in [1.165, 1.54) is 11.3 Å². The van der Waals surface area contributed by atoms with Crippen molar-refractivity contribution >= 4 is 28.2 Å². The number of carbonyl (C=O) groups is 1. The molecule has 21 heavy (non-hydrogen) atoms. The lowest BCUT2D eigenvalue weighted by Crippen LogP contribution is -2.18. The molecule has 3 rings (SSSR count). The maximum Gasteiger partial charge on any atom is 0.192 e. The summed E-state index contributed by atoms with van der Waals surface area (Å²) in [4.78, 5) is 19.9. The molecule has 4 nitrogen and oxygen atoms in total. The number of para-hydroxylation sites is 2. The standard InChI is InChI=1S/C16H17N3OS/c1-18(2)11-16-17-12-6-3-4-7-13(12)19(16)10-14(20)15-8-5-9-21-15/h3-9H,10-11H2,1-2H3. The van der Waals surface area contributed by atoms with Gasteiger partial charge in [0.25, 0.3) is 0 Å². The van der Waals surface area contributed by atoms with Crippen molar-refractivity contribution in [1.29, 1.82) is 0 Å². The van der Waals surface area contributed by atoms with Crippen molar-refractivity contribution in [2.24, 2.45) is 0 Å². The van der Waals surface area contributed by atoms with Crippen molar-refractivity contribution in [2.75, 3.05) is 14.1 Å². The number of nitrogens with zero attached hydrogens (tertiary/aromatic N) is 3. The number of thiophene rings is 1. The molecule has 2 aromatic heterocycles. The van der Waals surface area contributed by atoms with Crippen molar-refractivity contribution in [3.05, 3.63) is 52.5 Å². The number of hydrogen-bond acceptors (Lipinski definition) is 4. The van der Waals surface area contributed by atoms with Crippen LogP contribution in [0.15, 0.2) is 41.8 Å². The minimum Gasteiger partial charge on any atom is -0.319 e. The predicted molar refractivity (Wildman–Crippen MR) is 85.8 cm³/mol. The minimum absolute atomic E-state index is 0.133. The Kier molecular flexibility index (Phi) is 3.86. The highest BCUT2D eigenvalue weighted by molar-refractivity contribution is 7.12. The molecular formula is C16H17N3OS. The van der Waals surface area contributed by atoms with Gasteiger partial charge in [-0.3, -0.25) is 4.79 Å². The van der Waals surface area contributed by atoms with E-state index in [1.54, 1.807) is 0 Å². The van der Waals surface area contributed by atoms with Gasteiger partial charge in [0.1, 0.15) is 5.82 Å². The van der Waals surface area contributed by atoms with Gasteiger partial charge in [0.15, 0.2) is 5.78 Å². The van der Waals surface area contributed by atoms with Gasteiger partial charge in [-0.1, -0.05) is 18.2 Å². The van der Waals surface area contributed by atoms with Crippen LogP contribution in [0.1, 0.15) is 15.5 Å². The second-order valence-corrected chi connectivity index (χ2v) is 6.19. The average molecular weight is 299 g/mol. The summed E-state index contributed by atoms with van der Waals surface area (Å²) in [6, 6.07) is 11.7. The quantitative estimate of drug-likeness (QED) is 0.680. The van der Waals surface area contributed by atoms with Crippen LogP contribution in [0.3, 0.4) is 0 Å². The van der Waals surface area contributed by atoms with Crippen LogP contribution in [0, 0.1) is 0 Å². The van der Waals surface area contributed by atoms with Crippen LogP contribution in [0.5, 0.6) is 0 Å². The fraction of sp³-hybridized carbons (Fsp3) is 0.250. The van der Waals surface area contributed by atoms with Crippen LogP contribution in [-0.2, 0) is 13.1 Å². The summed E-state index contributed by atoms with van der Waals surface area (Å²) in [7, 11) is 4.01. The highest BCUT2D eigenvalue weighted by atomic mass is 32.1. The molecule has 5 heteroatoms. The summed E-state index contributed by atoms with van der Waals surface area (Å²) in [6.07, 6.45) is 0. The molecule has 0 radical (unpaired) electrons. The van der Waals surface area contributed by atoms with Crippen molar-refractivity contribution < 1.29 is 4.79 Å². The molecule has 0 N–H and O–H groups in total. The molecule has 0 aliphatic heterocycles. The molecule has 0 saturated heterocycles. The Morgan fingerprint density at radius 1 is 1.24 bits per heavy atom. The number of ketones is 1. The monoisotopic (exact) mass is 299 g/mol. The number of hydrogen-bond donors (Lipinski definition) is 0. The first-order valence-electron chi connectivity index (χ1n) is 6.81. The smallest absolute Gasteiger partial charge is 0.192 e. The zero-order valence-electron chi connectivity index (χ0n) is 12.1. The van der Waals surface area contributed by atoms with Crippen LogP contribution < -0.4 is 0 Å². The van der Waals surface area contributed by atoms with Crippen molar-refractivity contribution in [3.63, 3.8) is 0 Å². The van der Waals surface area contributed by atoms with Crippen LogP contribution in [0.25, 0.3) is 11.0 Å². The Labute approximate surface area is 127 Å². The maximum absolute atomic E-state index is 12.4. The molecule has 0 atom stereocenters. The summed E-state index contributed by atoms with van der Waals surface area (Å²) in [6.45, 7) is 1.05. The second-order valence-electron chi connectivity index (χ2n) is 5.24. The SMILES string of the molecule is CN(C)Cc1nc2ccccc2n1CC(=O)c1cccs1. The molecule has 108 valence electrons. The molecule has 0 unspecified atom stereocenters. The number of imidazole rings is 1. The first-order chi connectivity index (χ1) is 10.1. The van der Waals surface area contributed by atoms with Crippen LogP contribution >= 0.6 is 11.3 Å². The van der Waals surface area contributed by atoms with E-state index >= 15 is 0 Å². The van der Waals surface area contributed by atoms with Gasteiger partial charge in [-0.2, -0.15) is 0 Å². The zero-order chi connectivity index (χ0) is 14.8. The summed E-state index contributed by atoms with van der Waals surface area (Å²) in [5.74, 6) is 1.05. The maximum atomic E-state index is 12.4. The van der Waals surface area contributed by atoms with E-state index in [9.17, 15) is 4.79 Å². The fourth-order valence-electron chi connectivity index (χ4n) is 2.36. The number of benzene rings is 1. The molecule has 0 aliphatic carbocycles. The predicted octanol–water partition coefficient (Wildman–Crippen LogP) is 3.04. The Hall–Kier alpha value is -1.98. The Morgan fingerprint density at radius 2 is 2.05 bits per heavy atom. The van der Waals surface area contributed by atoms with Gasteiger partial charge >= 0.3 is 0 Å². The van der Waals surface area contributed by atoms with E-state index in [-0.39, 0.29) is 5.78 Å². The van der Waals surface area contributed by atoms with Crippen molar-refractivity contribution in [1.82, 2.24) is 14.5 Å². The van der Waals surface area contributed by atoms with Crippen LogP contribution in [0.2, 0.25) is 0 Å². The van der Waals surface area contributed by atoms with E-state index < -0.39 is 0 Å². The largest absolute Gasteiger partial charge is 0.319 e. The van der Waals surface area contributed by atoms with Gasteiger partial charge < -0.3 is 9.47 Å². The molecule has 0 bridgehead atoms. The number of aromatic nitrogens is 2. The summed E-state index contributed by atoms with van der Waals surface area (Å²) in [5, 5.41) is 1.93. The second kappa shape index (κ2) is 5.79. The highest BCUT2D eigenvalue weighted by Gasteiger charge is 2.15. The summed E-state index contributed by atoms with van der Waals surface area (Å²) >= 11 is 1.48. The van der Waals surface area contributed by atoms with E-state index in [1.807, 2.05) is 60.4 Å². The van der Waals surface area contributed by atoms with Crippen LogP contribution in [-0.4, -0.2) is 34.3 Å². The lowest BCUT2D eigenvalue weighted by Gasteiger charge is -2.12. The summed E-state index contributed by atoms with van der Waals surface area (Å²) < 4.78 is 2.03. The third-order valence-electron chi connectivity index (χ3n) is 3.29. The molecular weight excluding hydrogens is 282 g/mol. The third-order valence-corrected chi connectivity index (χ3v) is 4.20. The van der Waals surface area contributed by atoms with Crippen molar-refractivity contribution in [3.8, 4) is 0 Å². The summed E-state index contributed by atoms with van der Waals surface area (Å²) in [5.41, 5.74) is 1.95. The van der Waals surface area contributed by atoms with E-state index in [0.29, 0.717) is 13.1 Å². The number of rotatable bonds is 5. The molecule has 0 fully saturated rings. The lowest BCUT2D eigenvalue weighted by molar-refractivity contribution is 0.0975. The lowest BCUT2D eigenvalue weighted by atomic mass is 10.3. The van der Waals surface area contributed by atoms with Gasteiger partial charge in [-0.15, -0.1) is 11.3 Å². The number of fused-ring (bicyclic) bond motifs is 1. The van der Waals surface area contributed by atoms with Gasteiger partial charge in [-0.05, 0) is 37.7 Å². The fourth-order valence-corrected chi connectivity index (χ4v) is 3.02. The van der Waals surface area contributed by atoms with Crippen molar-refractivity contribution in [2.45, 2.75) is 13.1 Å².